The Bertz CT molecular complexity index is 1530. The number of ether oxygens (including phenoxy) is 1. The molecule has 0 unspecified atom stereocenters. The smallest absolute Gasteiger partial charge is 0.323 e. The van der Waals surface area contributed by atoms with E-state index in [1.165, 1.54) is 29.9 Å². The third-order valence-electron chi connectivity index (χ3n) is 5.09. The zero-order chi connectivity index (χ0) is 23.9. The number of carbonyl (C=O) groups excluding carboxylic acids is 1. The number of carbonyl (C=O) groups is 1. The van der Waals surface area contributed by atoms with Crippen molar-refractivity contribution in [1.82, 2.24) is 14.5 Å². The summed E-state index contributed by atoms with van der Waals surface area (Å²) < 4.78 is 38.1. The first kappa shape index (κ1) is 17.4. The number of nitrogens with zero attached hydrogens (tertiary/aromatic N) is 2. The fraction of sp³-hybridized carbons (Fsp3) is 0.0833. The Balaban J connectivity index is 1.48. The molecule has 32 heavy (non-hydrogen) atoms. The highest BCUT2D eigenvalue weighted by Crippen LogP contribution is 2.28. The number of urea groups is 1. The monoisotopic (exact) mass is 431 g/mol. The first-order valence-electron chi connectivity index (χ1n) is 10.8. The number of anilines is 2. The third-order valence-corrected chi connectivity index (χ3v) is 5.09. The number of H-pyrrole nitrogens is 1. The first-order chi connectivity index (χ1) is 16.4. The van der Waals surface area contributed by atoms with Gasteiger partial charge in [-0.3, -0.25) is 0 Å². The second-order valence-corrected chi connectivity index (χ2v) is 7.06. The quantitative estimate of drug-likeness (QED) is 0.350. The van der Waals surface area contributed by atoms with Gasteiger partial charge in [-0.2, -0.15) is 0 Å². The standard InChI is InChI=1S/C24H20FN5O2/c1-32-22-6-5-16(25)13-20(22)29-24(31)28-19-3-2-4-21-18(19)9-12-30(21)14-15-7-10-26-23-17(15)8-11-27-23/h2-13H,14H2,1H3,(H,26,27)(H2,28,29,31)/i14D2. The number of halogens is 1. The molecule has 0 fully saturated rings. The van der Waals surface area contributed by atoms with Crippen LogP contribution in [0.4, 0.5) is 20.6 Å². The molecule has 0 radical (unpaired) electrons. The van der Waals surface area contributed by atoms with Crippen LogP contribution in [0.2, 0.25) is 0 Å². The molecule has 3 N–H and O–H groups in total. The maximum Gasteiger partial charge on any atom is 0.323 e. The van der Waals surface area contributed by atoms with Gasteiger partial charge in [-0.15, -0.1) is 0 Å². The van der Waals surface area contributed by atoms with E-state index in [1.54, 1.807) is 55.0 Å². The number of benzene rings is 2. The molecule has 0 bridgehead atoms. The molecule has 0 saturated carbocycles. The minimum atomic E-state index is -1.89. The van der Waals surface area contributed by atoms with Gasteiger partial charge in [-0.05, 0) is 48.0 Å². The lowest BCUT2D eigenvalue weighted by molar-refractivity contribution is 0.262. The van der Waals surface area contributed by atoms with E-state index in [4.69, 9.17) is 7.48 Å². The fourth-order valence-electron chi connectivity index (χ4n) is 3.62. The predicted molar refractivity (Wildman–Crippen MR) is 123 cm³/mol. The number of rotatable bonds is 5. The molecule has 7 nitrogen and oxygen atoms in total. The van der Waals surface area contributed by atoms with Crippen LogP contribution in [0, 0.1) is 5.82 Å². The van der Waals surface area contributed by atoms with Crippen molar-refractivity contribution in [2.24, 2.45) is 0 Å². The zero-order valence-electron chi connectivity index (χ0n) is 19.0. The van der Waals surface area contributed by atoms with Crippen LogP contribution in [0.1, 0.15) is 8.30 Å². The van der Waals surface area contributed by atoms with Gasteiger partial charge in [0.05, 0.1) is 26.7 Å². The molecular weight excluding hydrogens is 409 g/mol. The maximum absolute atomic E-state index is 13.6. The van der Waals surface area contributed by atoms with E-state index >= 15 is 0 Å². The summed E-state index contributed by atoms with van der Waals surface area (Å²) in [6.07, 6.45) is 4.93. The summed E-state index contributed by atoms with van der Waals surface area (Å²) in [6, 6.07) is 13.6. The first-order valence-corrected chi connectivity index (χ1v) is 9.83. The molecule has 5 aromatic rings. The van der Waals surface area contributed by atoms with Crippen LogP contribution in [0.5, 0.6) is 5.75 Å². The molecule has 0 aliphatic heterocycles. The molecule has 160 valence electrons. The number of hydrogen-bond donors (Lipinski definition) is 3. The lowest BCUT2D eigenvalue weighted by Gasteiger charge is -2.12. The minimum absolute atomic E-state index is 0.189. The van der Waals surface area contributed by atoms with Crippen molar-refractivity contribution in [2.45, 2.75) is 6.50 Å². The predicted octanol–water partition coefficient (Wildman–Crippen LogP) is 5.36. The van der Waals surface area contributed by atoms with Crippen LogP contribution in [-0.2, 0) is 6.50 Å². The number of hydrogen-bond acceptors (Lipinski definition) is 3. The number of nitrogens with one attached hydrogen (secondary N) is 3. The average molecular weight is 431 g/mol. The van der Waals surface area contributed by atoms with Crippen molar-refractivity contribution >= 4 is 39.3 Å². The molecule has 2 amide bonds. The minimum Gasteiger partial charge on any atom is -0.495 e. The van der Waals surface area contributed by atoms with Gasteiger partial charge < -0.3 is 24.9 Å². The van der Waals surface area contributed by atoms with E-state index in [9.17, 15) is 9.18 Å². The lowest BCUT2D eigenvalue weighted by Crippen LogP contribution is -2.20. The molecule has 0 atom stereocenters. The molecular formula is C24H20FN5O2. The molecule has 3 heterocycles. The Morgan fingerprint density at radius 1 is 1.16 bits per heavy atom. The summed E-state index contributed by atoms with van der Waals surface area (Å²) in [5.41, 5.74) is 2.32. The Hall–Kier alpha value is -4.33. The topological polar surface area (TPSA) is 84.0 Å². The number of aromatic amines is 1. The third kappa shape index (κ3) is 3.62. The van der Waals surface area contributed by atoms with Crippen molar-refractivity contribution in [3.8, 4) is 5.75 Å². The van der Waals surface area contributed by atoms with Gasteiger partial charge in [-0.1, -0.05) is 6.07 Å². The van der Waals surface area contributed by atoms with Gasteiger partial charge >= 0.3 is 6.03 Å². The second kappa shape index (κ2) is 8.07. The molecule has 3 aromatic heterocycles. The highest BCUT2D eigenvalue weighted by atomic mass is 19.1. The molecule has 0 spiro atoms. The summed E-state index contributed by atoms with van der Waals surface area (Å²) in [4.78, 5) is 19.9. The molecule has 0 aliphatic carbocycles. The molecule has 0 saturated heterocycles. The van der Waals surface area contributed by atoms with Crippen LogP contribution in [0.25, 0.3) is 21.9 Å². The zero-order valence-corrected chi connectivity index (χ0v) is 17.0. The van der Waals surface area contributed by atoms with Crippen molar-refractivity contribution in [3.05, 3.63) is 84.6 Å². The van der Waals surface area contributed by atoms with Gasteiger partial charge in [0.1, 0.15) is 17.2 Å². The van der Waals surface area contributed by atoms with Crippen molar-refractivity contribution in [3.63, 3.8) is 0 Å². The lowest BCUT2D eigenvalue weighted by atomic mass is 10.2. The van der Waals surface area contributed by atoms with Crippen LogP contribution >= 0.6 is 0 Å². The van der Waals surface area contributed by atoms with Gasteiger partial charge in [0.25, 0.3) is 0 Å². The average Bonchev–Trinajstić information content (AvgIpc) is 3.47. The van der Waals surface area contributed by atoms with Crippen molar-refractivity contribution in [2.75, 3.05) is 17.7 Å². The Kier molecular flexibility index (Phi) is 4.38. The van der Waals surface area contributed by atoms with Gasteiger partial charge in [0.15, 0.2) is 0 Å². The van der Waals surface area contributed by atoms with E-state index < -0.39 is 18.3 Å². The van der Waals surface area contributed by atoms with Crippen LogP contribution in [0.15, 0.2) is 73.2 Å². The number of amides is 2. The molecule has 0 aliphatic rings. The second-order valence-electron chi connectivity index (χ2n) is 7.06. The largest absolute Gasteiger partial charge is 0.495 e. The molecule has 5 rings (SSSR count). The summed E-state index contributed by atoms with van der Waals surface area (Å²) in [5.74, 6) is -0.187. The van der Waals surface area contributed by atoms with Gasteiger partial charge in [0.2, 0.25) is 0 Å². The Labute approximate surface area is 185 Å². The highest BCUT2D eigenvalue weighted by Gasteiger charge is 2.12. The van der Waals surface area contributed by atoms with E-state index in [2.05, 4.69) is 20.6 Å². The number of pyridine rings is 1. The van der Waals surface area contributed by atoms with Crippen molar-refractivity contribution in [1.29, 1.82) is 0 Å². The van der Waals surface area contributed by atoms with Gasteiger partial charge in [0, 0.05) is 41.9 Å². The van der Waals surface area contributed by atoms with E-state index in [0.717, 1.165) is 0 Å². The maximum atomic E-state index is 13.6. The van der Waals surface area contributed by atoms with Crippen LogP contribution < -0.4 is 15.4 Å². The summed E-state index contributed by atoms with van der Waals surface area (Å²) in [6.45, 7) is -1.89. The van der Waals surface area contributed by atoms with Crippen molar-refractivity contribution < 1.29 is 16.7 Å². The van der Waals surface area contributed by atoms with E-state index in [0.29, 0.717) is 38.9 Å². The number of aromatic nitrogens is 3. The summed E-state index contributed by atoms with van der Waals surface area (Å²) >= 11 is 0. The Morgan fingerprint density at radius 3 is 2.91 bits per heavy atom. The highest BCUT2D eigenvalue weighted by molar-refractivity contribution is 6.06. The summed E-state index contributed by atoms with van der Waals surface area (Å²) in [7, 11) is 1.43. The SMILES string of the molecule is [2H]C([2H])(c1ccnc2[nH]ccc12)n1ccc2c(NC(=O)Nc3cc(F)ccc3OC)cccc21. The van der Waals surface area contributed by atoms with E-state index in [1.807, 2.05) is 0 Å². The molecule has 2 aromatic carbocycles. The number of fused-ring (bicyclic) bond motifs is 2. The van der Waals surface area contributed by atoms with E-state index in [-0.39, 0.29) is 5.69 Å². The van der Waals surface area contributed by atoms with Crippen LogP contribution in [0.3, 0.4) is 0 Å². The fourth-order valence-corrected chi connectivity index (χ4v) is 3.62. The number of methoxy groups -OCH3 is 1. The Morgan fingerprint density at radius 2 is 2.03 bits per heavy atom. The van der Waals surface area contributed by atoms with Gasteiger partial charge in [-0.25, -0.2) is 14.2 Å². The molecule has 8 heteroatoms. The summed E-state index contributed by atoms with van der Waals surface area (Å²) in [5, 5.41) is 6.68. The normalized spacial score (nSPS) is 12.4. The van der Waals surface area contributed by atoms with Crippen LogP contribution in [-0.4, -0.2) is 27.7 Å².